The maximum atomic E-state index is 12.2. The smallest absolute Gasteiger partial charge is 0.190 e. The molecule has 0 aliphatic heterocycles. The second-order valence-electron chi connectivity index (χ2n) is 8.24. The molecule has 3 aliphatic carbocycles. The van der Waals surface area contributed by atoms with Crippen molar-refractivity contribution < 1.29 is 20.1 Å². The highest BCUT2D eigenvalue weighted by Gasteiger charge is 2.61. The molecule has 138 valence electrons. The molecule has 0 aromatic carbocycles. The molecule has 3 aliphatic rings. The van der Waals surface area contributed by atoms with Gasteiger partial charge in [-0.3, -0.25) is 4.79 Å². The summed E-state index contributed by atoms with van der Waals surface area (Å²) in [6, 6.07) is 0. The van der Waals surface area contributed by atoms with Gasteiger partial charge in [0, 0.05) is 5.41 Å². The molecule has 0 aromatic heterocycles. The molecule has 3 fully saturated rings. The lowest BCUT2D eigenvalue weighted by atomic mass is 9.60. The lowest BCUT2D eigenvalue weighted by molar-refractivity contribution is -0.154. The molecule has 0 bridgehead atoms. The van der Waals surface area contributed by atoms with E-state index in [1.807, 2.05) is 6.92 Å². The van der Waals surface area contributed by atoms with Gasteiger partial charge in [0.1, 0.15) is 12.2 Å². The minimum Gasteiger partial charge on any atom is -0.393 e. The highest BCUT2D eigenvalue weighted by atomic mass is 16.3. The van der Waals surface area contributed by atoms with Gasteiger partial charge in [0.15, 0.2) is 5.78 Å². The molecule has 3 rings (SSSR count). The van der Waals surface area contributed by atoms with Crippen LogP contribution >= 0.6 is 0 Å². The first kappa shape index (κ1) is 18.6. The maximum absolute atomic E-state index is 12.2. The van der Waals surface area contributed by atoms with Crippen LogP contribution in [0.1, 0.15) is 58.3 Å². The number of rotatable bonds is 3. The van der Waals surface area contributed by atoms with Crippen LogP contribution in [0, 0.1) is 11.3 Å². The van der Waals surface area contributed by atoms with E-state index in [4.69, 9.17) is 0 Å². The highest BCUT2D eigenvalue weighted by molar-refractivity contribution is 5.89. The van der Waals surface area contributed by atoms with Crippen LogP contribution in [0.15, 0.2) is 35.5 Å². The first-order valence-corrected chi connectivity index (χ1v) is 9.44. The van der Waals surface area contributed by atoms with E-state index in [9.17, 15) is 20.1 Å². The lowest BCUT2D eigenvalue weighted by Gasteiger charge is -2.45. The molecule has 3 saturated carbocycles. The highest BCUT2D eigenvalue weighted by Crippen LogP contribution is 2.59. The normalized spacial score (nSPS) is 42.0. The van der Waals surface area contributed by atoms with E-state index in [2.05, 4.69) is 18.7 Å². The largest absolute Gasteiger partial charge is 0.393 e. The Kier molecular flexibility index (Phi) is 5.06. The van der Waals surface area contributed by atoms with Crippen LogP contribution in [0.2, 0.25) is 0 Å². The number of hydrogen-bond donors (Lipinski definition) is 3. The number of ketones is 1. The molecule has 0 amide bonds. The third kappa shape index (κ3) is 3.05. The zero-order chi connectivity index (χ0) is 18.2. The van der Waals surface area contributed by atoms with E-state index in [0.29, 0.717) is 12.8 Å². The van der Waals surface area contributed by atoms with Crippen LogP contribution in [0.3, 0.4) is 0 Å². The van der Waals surface area contributed by atoms with Crippen LogP contribution in [-0.2, 0) is 4.79 Å². The lowest BCUT2D eigenvalue weighted by Crippen LogP contribution is -2.53. The Labute approximate surface area is 149 Å². The summed E-state index contributed by atoms with van der Waals surface area (Å²) < 4.78 is 0. The number of Topliss-reactive ketones (excluding diaryl/α,β-unsaturated/α-hetero) is 1. The van der Waals surface area contributed by atoms with Gasteiger partial charge in [0.2, 0.25) is 0 Å². The molecule has 0 saturated heterocycles. The minimum atomic E-state index is -1.41. The molecule has 4 heteroatoms. The number of hydrogen-bond acceptors (Lipinski definition) is 4. The van der Waals surface area contributed by atoms with Crippen molar-refractivity contribution >= 4 is 5.78 Å². The van der Waals surface area contributed by atoms with Gasteiger partial charge in [-0.15, -0.1) is 0 Å². The second-order valence-corrected chi connectivity index (χ2v) is 8.24. The summed E-state index contributed by atoms with van der Waals surface area (Å²) in [7, 11) is 0. The summed E-state index contributed by atoms with van der Waals surface area (Å²) in [6.45, 7) is 5.51. The molecule has 25 heavy (non-hydrogen) atoms. The predicted molar refractivity (Wildman–Crippen MR) is 96.9 cm³/mol. The van der Waals surface area contributed by atoms with Crippen molar-refractivity contribution in [2.75, 3.05) is 6.61 Å². The van der Waals surface area contributed by atoms with E-state index in [1.165, 1.54) is 5.57 Å². The number of fused-ring (bicyclic) bond motifs is 1. The third-order valence-corrected chi connectivity index (χ3v) is 6.91. The first-order valence-electron chi connectivity index (χ1n) is 9.44. The van der Waals surface area contributed by atoms with Gasteiger partial charge in [-0.1, -0.05) is 36.8 Å². The third-order valence-electron chi connectivity index (χ3n) is 6.91. The van der Waals surface area contributed by atoms with E-state index in [1.54, 1.807) is 0 Å². The fourth-order valence-corrected chi connectivity index (χ4v) is 5.24. The molecule has 0 spiro atoms. The van der Waals surface area contributed by atoms with E-state index >= 15 is 0 Å². The van der Waals surface area contributed by atoms with Crippen LogP contribution < -0.4 is 0 Å². The molecule has 4 atom stereocenters. The topological polar surface area (TPSA) is 77.8 Å². The van der Waals surface area contributed by atoms with Crippen molar-refractivity contribution in [1.82, 2.24) is 0 Å². The van der Waals surface area contributed by atoms with Crippen molar-refractivity contribution in [3.63, 3.8) is 0 Å². The molecular weight excluding hydrogens is 316 g/mol. The van der Waals surface area contributed by atoms with Crippen molar-refractivity contribution in [1.29, 1.82) is 0 Å². The Morgan fingerprint density at radius 1 is 1.28 bits per heavy atom. The number of aliphatic hydroxyl groups is 3. The Hall–Kier alpha value is -1.23. The number of allylic oxidation sites excluding steroid dienone is 4. The minimum absolute atomic E-state index is 0.167. The molecule has 3 N–H and O–H groups in total. The zero-order valence-electron chi connectivity index (χ0n) is 15.1. The van der Waals surface area contributed by atoms with Crippen LogP contribution in [0.25, 0.3) is 0 Å². The zero-order valence-corrected chi connectivity index (χ0v) is 15.1. The fourth-order valence-electron chi connectivity index (χ4n) is 5.24. The molecular formula is C21H30O4. The summed E-state index contributed by atoms with van der Waals surface area (Å²) in [5, 5.41) is 30.2. The summed E-state index contributed by atoms with van der Waals surface area (Å²) >= 11 is 0. The van der Waals surface area contributed by atoms with E-state index < -0.39 is 23.4 Å². The van der Waals surface area contributed by atoms with Crippen molar-refractivity contribution in [3.05, 3.63) is 35.5 Å². The van der Waals surface area contributed by atoms with Gasteiger partial charge in [-0.25, -0.2) is 0 Å². The molecule has 0 unspecified atom stereocenters. The first-order chi connectivity index (χ1) is 11.8. The van der Waals surface area contributed by atoms with Gasteiger partial charge in [0.05, 0.1) is 6.10 Å². The Bertz CT molecular complexity index is 632. The van der Waals surface area contributed by atoms with Crippen LogP contribution in [-0.4, -0.2) is 39.4 Å². The van der Waals surface area contributed by atoms with Gasteiger partial charge in [-0.05, 0) is 62.9 Å². The second kappa shape index (κ2) is 6.82. The van der Waals surface area contributed by atoms with Crippen molar-refractivity contribution in [2.45, 2.75) is 70.0 Å². The maximum Gasteiger partial charge on any atom is 0.190 e. The van der Waals surface area contributed by atoms with E-state index in [0.717, 1.165) is 49.7 Å². The monoisotopic (exact) mass is 346 g/mol. The fraction of sp³-hybridized carbons (Fsp3) is 0.667. The standard InChI is InChI=1S/C21H30O4/c1-14-5-8-17(23)12-16(14)7-6-15-4-3-10-20(2)18(15)9-11-21(20,25)19(24)13-22/h6-7,17-18,22-23,25H,1,3-5,8-13H2,2H3/b15-6+,16-7-/t17-,18-,20-,21+/m0/s1. The predicted octanol–water partition coefficient (Wildman–Crippen LogP) is 2.83. The SMILES string of the molecule is C=C1CC[C@H](O)C/C1=C/C=C1\CCC[C@@]2(C)[C@H]1CC[C@@]2(O)C(=O)CO. The summed E-state index contributed by atoms with van der Waals surface area (Å²) in [5.74, 6) is -0.277. The molecule has 0 aromatic rings. The van der Waals surface area contributed by atoms with Gasteiger partial charge < -0.3 is 15.3 Å². The Morgan fingerprint density at radius 3 is 2.76 bits per heavy atom. The van der Waals surface area contributed by atoms with Gasteiger partial charge in [0.25, 0.3) is 0 Å². The van der Waals surface area contributed by atoms with Crippen molar-refractivity contribution in [3.8, 4) is 0 Å². The summed E-state index contributed by atoms with van der Waals surface area (Å²) in [6.07, 6.45) is 10.1. The Balaban J connectivity index is 1.87. The number of carbonyl (C=O) groups is 1. The van der Waals surface area contributed by atoms with E-state index in [-0.39, 0.29) is 12.0 Å². The molecule has 0 heterocycles. The summed E-state index contributed by atoms with van der Waals surface area (Å²) in [4.78, 5) is 12.2. The van der Waals surface area contributed by atoms with Crippen molar-refractivity contribution in [2.24, 2.45) is 11.3 Å². The average Bonchev–Trinajstić information content (AvgIpc) is 2.88. The molecule has 4 nitrogen and oxygen atoms in total. The quantitative estimate of drug-likeness (QED) is 0.734. The number of carbonyl (C=O) groups excluding carboxylic acids is 1. The van der Waals surface area contributed by atoms with Crippen LogP contribution in [0.4, 0.5) is 0 Å². The average molecular weight is 346 g/mol. The van der Waals surface area contributed by atoms with Gasteiger partial charge >= 0.3 is 0 Å². The van der Waals surface area contributed by atoms with Crippen LogP contribution in [0.5, 0.6) is 0 Å². The Morgan fingerprint density at radius 2 is 2.04 bits per heavy atom. The number of aliphatic hydroxyl groups excluding tert-OH is 2. The van der Waals surface area contributed by atoms with Gasteiger partial charge in [-0.2, -0.15) is 0 Å². The summed E-state index contributed by atoms with van der Waals surface area (Å²) in [5.41, 5.74) is 1.57. The molecule has 0 radical (unpaired) electrons.